The molecule has 0 heterocycles. The van der Waals surface area contributed by atoms with Gasteiger partial charge in [0, 0.05) is 0 Å². The molecule has 0 radical (unpaired) electrons. The molecule has 76 valence electrons. The fourth-order valence-corrected chi connectivity index (χ4v) is 0.617. The second-order valence-electron chi connectivity index (χ2n) is 5.08. The molecule has 0 aliphatic heterocycles. The van der Waals surface area contributed by atoms with Gasteiger partial charge in [-0.05, 0) is 11.5 Å². The molecule has 0 aromatic heterocycles. The Morgan fingerprint density at radius 1 is 1.23 bits per heavy atom. The van der Waals surface area contributed by atoms with Crippen molar-refractivity contribution < 1.29 is 9.18 Å². The largest absolute Gasteiger partial charge is 0.294 e. The fourth-order valence-electron chi connectivity index (χ4n) is 0.617. The van der Waals surface area contributed by atoms with Gasteiger partial charge in [-0.15, -0.1) is 0 Å². The number of hydrogen-bond donors (Lipinski definition) is 0. The second-order valence-corrected chi connectivity index (χ2v) is 5.08. The van der Waals surface area contributed by atoms with Crippen molar-refractivity contribution in [3.63, 3.8) is 0 Å². The Bertz CT molecular complexity index is 209. The summed E-state index contributed by atoms with van der Waals surface area (Å²) < 4.78 is 12.4. The molecule has 0 saturated carbocycles. The van der Waals surface area contributed by atoms with E-state index in [4.69, 9.17) is 0 Å². The molecule has 0 aromatic carbocycles. The van der Waals surface area contributed by atoms with Gasteiger partial charge in [-0.25, -0.2) is 0 Å². The van der Waals surface area contributed by atoms with E-state index >= 15 is 0 Å². The number of allylic oxidation sites excluding steroid dienone is 2. The van der Waals surface area contributed by atoms with E-state index in [0.29, 0.717) is 0 Å². The minimum atomic E-state index is -0.873. The summed E-state index contributed by atoms with van der Waals surface area (Å²) in [5.41, 5.74) is -0.899. The Morgan fingerprint density at radius 3 is 2.00 bits per heavy atom. The average Bonchev–Trinajstić information content (AvgIpc) is 1.98. The molecule has 0 atom stereocenters. The van der Waals surface area contributed by atoms with Crippen LogP contribution in [0.5, 0.6) is 0 Å². The maximum atomic E-state index is 12.4. The highest BCUT2D eigenvalue weighted by Gasteiger charge is 2.25. The highest BCUT2D eigenvalue weighted by molar-refractivity contribution is 5.94. The topological polar surface area (TPSA) is 17.1 Å². The number of halogens is 1. The maximum absolute atomic E-state index is 12.4. The number of hydrogen-bond acceptors (Lipinski definition) is 1. The lowest BCUT2D eigenvalue weighted by Crippen LogP contribution is -2.24. The van der Waals surface area contributed by atoms with E-state index in [2.05, 4.69) is 0 Å². The van der Waals surface area contributed by atoms with Gasteiger partial charge in [-0.1, -0.05) is 40.7 Å². The zero-order valence-electron chi connectivity index (χ0n) is 9.15. The van der Waals surface area contributed by atoms with Crippen LogP contribution in [-0.4, -0.2) is 12.5 Å². The van der Waals surface area contributed by atoms with Crippen LogP contribution < -0.4 is 0 Å². The van der Waals surface area contributed by atoms with Crippen LogP contribution in [0.3, 0.4) is 0 Å². The Morgan fingerprint density at radius 2 is 1.69 bits per heavy atom. The van der Waals surface area contributed by atoms with Gasteiger partial charge in [0.05, 0.1) is 5.41 Å². The number of alkyl halides is 1. The molecule has 0 N–H and O–H groups in total. The molecule has 0 saturated heterocycles. The SMILES string of the molecule is CC(C)(C)/C=C/C(=O)C(C)(C)CF. The molecule has 0 fully saturated rings. The predicted molar refractivity (Wildman–Crippen MR) is 53.4 cm³/mol. The molecule has 2 heteroatoms. The smallest absolute Gasteiger partial charge is 0.163 e. The van der Waals surface area contributed by atoms with E-state index in [0.717, 1.165) is 0 Å². The van der Waals surface area contributed by atoms with Gasteiger partial charge >= 0.3 is 0 Å². The van der Waals surface area contributed by atoms with Crippen LogP contribution in [0, 0.1) is 10.8 Å². The quantitative estimate of drug-likeness (QED) is 0.619. The van der Waals surface area contributed by atoms with Crippen molar-refractivity contribution in [2.75, 3.05) is 6.67 Å². The van der Waals surface area contributed by atoms with Crippen LogP contribution in [0.1, 0.15) is 34.6 Å². The lowest BCUT2D eigenvalue weighted by atomic mass is 9.87. The third-order valence-electron chi connectivity index (χ3n) is 1.74. The lowest BCUT2D eigenvalue weighted by Gasteiger charge is -2.17. The minimum Gasteiger partial charge on any atom is -0.294 e. The number of rotatable bonds is 3. The van der Waals surface area contributed by atoms with Gasteiger partial charge in [0.2, 0.25) is 0 Å². The number of carbonyl (C=O) groups excluding carboxylic acids is 1. The molecule has 0 aliphatic rings. The summed E-state index contributed by atoms with van der Waals surface area (Å²) in [5, 5.41) is 0. The zero-order chi connectivity index (χ0) is 10.7. The van der Waals surface area contributed by atoms with Gasteiger partial charge in [0.15, 0.2) is 5.78 Å². The first kappa shape index (κ1) is 12.3. The van der Waals surface area contributed by atoms with Crippen LogP contribution in [0.15, 0.2) is 12.2 Å². The molecule has 0 amide bonds. The van der Waals surface area contributed by atoms with E-state index in [1.54, 1.807) is 13.8 Å². The van der Waals surface area contributed by atoms with Crippen LogP contribution in [0.4, 0.5) is 4.39 Å². The second kappa shape index (κ2) is 4.03. The summed E-state index contributed by atoms with van der Waals surface area (Å²) in [5.74, 6) is -0.148. The number of carbonyl (C=O) groups is 1. The molecule has 0 rings (SSSR count). The van der Waals surface area contributed by atoms with E-state index in [9.17, 15) is 9.18 Å². The molecular formula is C11H19FO. The van der Waals surface area contributed by atoms with Gasteiger partial charge in [0.1, 0.15) is 6.67 Å². The van der Waals surface area contributed by atoms with Crippen molar-refractivity contribution in [2.24, 2.45) is 10.8 Å². The zero-order valence-corrected chi connectivity index (χ0v) is 9.15. The highest BCUT2D eigenvalue weighted by atomic mass is 19.1. The Hall–Kier alpha value is -0.660. The van der Waals surface area contributed by atoms with E-state index in [-0.39, 0.29) is 11.2 Å². The summed E-state index contributed by atoms with van der Waals surface area (Å²) in [6.07, 6.45) is 3.30. The third-order valence-corrected chi connectivity index (χ3v) is 1.74. The Kier molecular flexibility index (Phi) is 3.83. The van der Waals surface area contributed by atoms with Crippen LogP contribution in [-0.2, 0) is 4.79 Å². The van der Waals surface area contributed by atoms with Gasteiger partial charge in [-0.2, -0.15) is 0 Å². The van der Waals surface area contributed by atoms with Crippen LogP contribution >= 0.6 is 0 Å². The molecule has 13 heavy (non-hydrogen) atoms. The first-order chi connectivity index (χ1) is 5.69. The Labute approximate surface area is 80.0 Å². The lowest BCUT2D eigenvalue weighted by molar-refractivity contribution is -0.122. The highest BCUT2D eigenvalue weighted by Crippen LogP contribution is 2.20. The first-order valence-corrected chi connectivity index (χ1v) is 4.49. The standard InChI is InChI=1S/C11H19FO/c1-10(2,3)7-6-9(13)11(4,5)8-12/h6-7H,8H2,1-5H3/b7-6+. The molecule has 0 bridgehead atoms. The molecule has 0 aliphatic carbocycles. The molecule has 1 nitrogen and oxygen atoms in total. The molecule has 0 aromatic rings. The summed E-state index contributed by atoms with van der Waals surface area (Å²) in [6, 6.07) is 0. The first-order valence-electron chi connectivity index (χ1n) is 4.49. The van der Waals surface area contributed by atoms with Crippen molar-refractivity contribution in [1.29, 1.82) is 0 Å². The van der Waals surface area contributed by atoms with E-state index in [1.807, 2.05) is 26.8 Å². The summed E-state index contributed by atoms with van der Waals surface area (Å²) in [6.45, 7) is 8.61. The summed E-state index contributed by atoms with van der Waals surface area (Å²) >= 11 is 0. The van der Waals surface area contributed by atoms with Crippen molar-refractivity contribution >= 4 is 5.78 Å². The van der Waals surface area contributed by atoms with Gasteiger partial charge in [0.25, 0.3) is 0 Å². The maximum Gasteiger partial charge on any atom is 0.163 e. The van der Waals surface area contributed by atoms with Gasteiger partial charge in [-0.3, -0.25) is 9.18 Å². The van der Waals surface area contributed by atoms with Crippen molar-refractivity contribution in [3.05, 3.63) is 12.2 Å². The molecular weight excluding hydrogens is 167 g/mol. The van der Waals surface area contributed by atoms with Crippen molar-refractivity contribution in [3.8, 4) is 0 Å². The normalized spacial score (nSPS) is 13.7. The number of ketones is 1. The van der Waals surface area contributed by atoms with Crippen LogP contribution in [0.25, 0.3) is 0 Å². The minimum absolute atomic E-state index is 0.0257. The van der Waals surface area contributed by atoms with Crippen molar-refractivity contribution in [2.45, 2.75) is 34.6 Å². The molecule has 0 unspecified atom stereocenters. The van der Waals surface area contributed by atoms with E-state index < -0.39 is 12.1 Å². The summed E-state index contributed by atoms with van der Waals surface area (Å²) in [4.78, 5) is 11.4. The fraction of sp³-hybridized carbons (Fsp3) is 0.727. The summed E-state index contributed by atoms with van der Waals surface area (Å²) in [7, 11) is 0. The third kappa shape index (κ3) is 4.81. The van der Waals surface area contributed by atoms with E-state index in [1.165, 1.54) is 6.08 Å². The molecule has 0 spiro atoms. The van der Waals surface area contributed by atoms with Gasteiger partial charge < -0.3 is 0 Å². The Balaban J connectivity index is 4.41. The van der Waals surface area contributed by atoms with Crippen molar-refractivity contribution in [1.82, 2.24) is 0 Å². The monoisotopic (exact) mass is 186 g/mol. The predicted octanol–water partition coefficient (Wildman–Crippen LogP) is 3.15. The average molecular weight is 186 g/mol. The van der Waals surface area contributed by atoms with Crippen LogP contribution in [0.2, 0.25) is 0 Å².